The average Bonchev–Trinajstić information content (AvgIpc) is 2.87. The van der Waals surface area contributed by atoms with E-state index in [4.69, 9.17) is 10.5 Å². The Hall–Kier alpha value is -1.34. The van der Waals surface area contributed by atoms with Gasteiger partial charge in [-0.05, 0) is 41.2 Å². The van der Waals surface area contributed by atoms with Gasteiger partial charge in [0.15, 0.2) is 0 Å². The van der Waals surface area contributed by atoms with Gasteiger partial charge in [-0.25, -0.2) is 0 Å². The molecule has 7 heteroatoms. The van der Waals surface area contributed by atoms with Crippen LogP contribution in [0.25, 0.3) is 0 Å². The first kappa shape index (κ1) is 14.1. The molecule has 0 aliphatic heterocycles. The summed E-state index contributed by atoms with van der Waals surface area (Å²) in [6.07, 6.45) is 0. The molecular weight excluding hydrogens is 330 g/mol. The van der Waals surface area contributed by atoms with Gasteiger partial charge in [-0.3, -0.25) is 9.48 Å². The quantitative estimate of drug-likeness (QED) is 0.866. The maximum atomic E-state index is 11.8. The SMILES string of the molecule is Cc1nn(CC(=O)OCc2sccc2Br)c(C)c1N. The molecule has 0 fully saturated rings. The zero-order valence-corrected chi connectivity index (χ0v) is 13.0. The Morgan fingerprint density at radius 3 is 2.84 bits per heavy atom. The minimum absolute atomic E-state index is 0.0763. The maximum absolute atomic E-state index is 11.8. The number of esters is 1. The summed E-state index contributed by atoms with van der Waals surface area (Å²) in [7, 11) is 0. The number of aryl methyl sites for hydroxylation is 1. The van der Waals surface area contributed by atoms with E-state index in [0.717, 1.165) is 20.7 Å². The van der Waals surface area contributed by atoms with Gasteiger partial charge >= 0.3 is 5.97 Å². The number of hydrogen-bond acceptors (Lipinski definition) is 5. The van der Waals surface area contributed by atoms with E-state index in [1.54, 1.807) is 16.0 Å². The van der Waals surface area contributed by atoms with Crippen LogP contribution in [0.2, 0.25) is 0 Å². The lowest BCUT2D eigenvalue weighted by atomic mass is 10.3. The first-order valence-electron chi connectivity index (χ1n) is 5.66. The van der Waals surface area contributed by atoms with E-state index >= 15 is 0 Å². The molecule has 2 heterocycles. The summed E-state index contributed by atoms with van der Waals surface area (Å²) in [5, 5.41) is 6.14. The van der Waals surface area contributed by atoms with E-state index in [0.29, 0.717) is 5.69 Å². The monoisotopic (exact) mass is 343 g/mol. The Morgan fingerprint density at radius 1 is 1.58 bits per heavy atom. The first-order valence-corrected chi connectivity index (χ1v) is 7.33. The average molecular weight is 344 g/mol. The van der Waals surface area contributed by atoms with Crippen molar-refractivity contribution in [3.05, 3.63) is 32.2 Å². The molecule has 2 rings (SSSR count). The molecule has 2 aromatic heterocycles. The third-order valence-electron chi connectivity index (χ3n) is 2.77. The summed E-state index contributed by atoms with van der Waals surface area (Å²) >= 11 is 4.93. The van der Waals surface area contributed by atoms with Crippen molar-refractivity contribution in [1.29, 1.82) is 0 Å². The number of thiophene rings is 1. The van der Waals surface area contributed by atoms with Crippen molar-refractivity contribution < 1.29 is 9.53 Å². The molecule has 0 spiro atoms. The number of nitrogen functional groups attached to an aromatic ring is 1. The number of carbonyl (C=O) groups is 1. The summed E-state index contributed by atoms with van der Waals surface area (Å²) in [5.41, 5.74) is 7.94. The minimum Gasteiger partial charge on any atom is -0.459 e. The molecule has 0 aliphatic rings. The van der Waals surface area contributed by atoms with Crippen molar-refractivity contribution in [2.45, 2.75) is 27.0 Å². The number of halogens is 1. The third kappa shape index (κ3) is 3.16. The van der Waals surface area contributed by atoms with Gasteiger partial charge in [-0.2, -0.15) is 5.10 Å². The molecule has 19 heavy (non-hydrogen) atoms. The fourth-order valence-electron chi connectivity index (χ4n) is 1.61. The van der Waals surface area contributed by atoms with Crippen LogP contribution in [0.15, 0.2) is 15.9 Å². The first-order chi connectivity index (χ1) is 8.99. The van der Waals surface area contributed by atoms with Gasteiger partial charge in [0.1, 0.15) is 13.2 Å². The molecule has 2 aromatic rings. The van der Waals surface area contributed by atoms with Crippen molar-refractivity contribution >= 4 is 38.9 Å². The summed E-state index contributed by atoms with van der Waals surface area (Å²) in [5.74, 6) is -0.328. The number of aromatic nitrogens is 2. The van der Waals surface area contributed by atoms with Gasteiger partial charge in [0.2, 0.25) is 0 Å². The van der Waals surface area contributed by atoms with E-state index in [2.05, 4.69) is 21.0 Å². The number of carbonyl (C=O) groups excluding carboxylic acids is 1. The van der Waals surface area contributed by atoms with Gasteiger partial charge in [-0.1, -0.05) is 0 Å². The van der Waals surface area contributed by atoms with Gasteiger partial charge in [0.05, 0.1) is 22.0 Å². The Morgan fingerprint density at radius 2 is 2.32 bits per heavy atom. The summed E-state index contributed by atoms with van der Waals surface area (Å²) in [6.45, 7) is 3.99. The normalized spacial score (nSPS) is 10.7. The van der Waals surface area contributed by atoms with Crippen molar-refractivity contribution in [3.63, 3.8) is 0 Å². The van der Waals surface area contributed by atoms with Gasteiger partial charge in [0, 0.05) is 4.47 Å². The Kier molecular flexibility index (Phi) is 4.26. The molecule has 2 N–H and O–H groups in total. The number of anilines is 1. The van der Waals surface area contributed by atoms with Gasteiger partial charge < -0.3 is 10.5 Å². The summed E-state index contributed by atoms with van der Waals surface area (Å²) in [6, 6.07) is 1.93. The van der Waals surface area contributed by atoms with Crippen LogP contribution in [0.3, 0.4) is 0 Å². The molecule has 0 unspecified atom stereocenters. The Labute approximate surface area is 123 Å². The van der Waals surface area contributed by atoms with Crippen LogP contribution in [-0.4, -0.2) is 15.7 Å². The lowest BCUT2D eigenvalue weighted by Crippen LogP contribution is -2.15. The second kappa shape index (κ2) is 5.75. The second-order valence-electron chi connectivity index (χ2n) is 4.09. The van der Waals surface area contributed by atoms with Crippen molar-refractivity contribution in [2.24, 2.45) is 0 Å². The molecule has 0 aromatic carbocycles. The zero-order chi connectivity index (χ0) is 14.0. The van der Waals surface area contributed by atoms with Crippen molar-refractivity contribution in [1.82, 2.24) is 9.78 Å². The predicted molar refractivity (Wildman–Crippen MR) is 77.9 cm³/mol. The van der Waals surface area contributed by atoms with Crippen LogP contribution in [0, 0.1) is 13.8 Å². The number of nitrogens with two attached hydrogens (primary N) is 1. The third-order valence-corrected chi connectivity index (χ3v) is 4.67. The topological polar surface area (TPSA) is 70.1 Å². The maximum Gasteiger partial charge on any atom is 0.328 e. The molecule has 0 saturated heterocycles. The highest BCUT2D eigenvalue weighted by Gasteiger charge is 2.13. The van der Waals surface area contributed by atoms with E-state index < -0.39 is 0 Å². The van der Waals surface area contributed by atoms with Crippen LogP contribution < -0.4 is 5.73 Å². The molecule has 102 valence electrons. The lowest BCUT2D eigenvalue weighted by Gasteiger charge is -2.05. The molecular formula is C12H14BrN3O2S. The molecule has 0 amide bonds. The molecule has 0 atom stereocenters. The van der Waals surface area contributed by atoms with Gasteiger partial charge in [-0.15, -0.1) is 11.3 Å². The van der Waals surface area contributed by atoms with Crippen LogP contribution in [0.1, 0.15) is 16.3 Å². The van der Waals surface area contributed by atoms with Gasteiger partial charge in [0.25, 0.3) is 0 Å². The van der Waals surface area contributed by atoms with Crippen LogP contribution in [0.4, 0.5) is 5.69 Å². The minimum atomic E-state index is -0.328. The standard InChI is InChI=1S/C12H14BrN3O2S/c1-7-12(14)8(2)16(15-7)5-11(17)18-6-10-9(13)3-4-19-10/h3-4H,5-6,14H2,1-2H3. The molecule has 5 nitrogen and oxygen atoms in total. The number of rotatable bonds is 4. The smallest absolute Gasteiger partial charge is 0.328 e. The van der Waals surface area contributed by atoms with Crippen LogP contribution in [-0.2, 0) is 22.7 Å². The largest absolute Gasteiger partial charge is 0.459 e. The number of nitrogens with zero attached hydrogens (tertiary/aromatic N) is 2. The second-order valence-corrected chi connectivity index (χ2v) is 5.95. The summed E-state index contributed by atoms with van der Waals surface area (Å²) in [4.78, 5) is 12.7. The Bertz CT molecular complexity index is 606. The number of hydrogen-bond donors (Lipinski definition) is 1. The summed E-state index contributed by atoms with van der Waals surface area (Å²) < 4.78 is 7.74. The molecule has 0 bridgehead atoms. The van der Waals surface area contributed by atoms with Crippen LogP contribution >= 0.6 is 27.3 Å². The number of ether oxygens (including phenoxy) is 1. The van der Waals surface area contributed by atoms with Crippen molar-refractivity contribution in [2.75, 3.05) is 5.73 Å². The lowest BCUT2D eigenvalue weighted by molar-refractivity contribution is -0.145. The van der Waals surface area contributed by atoms with E-state index in [-0.39, 0.29) is 19.1 Å². The predicted octanol–water partition coefficient (Wildman–Crippen LogP) is 2.65. The van der Waals surface area contributed by atoms with E-state index in [1.807, 2.05) is 25.3 Å². The fraction of sp³-hybridized carbons (Fsp3) is 0.333. The molecule has 0 aliphatic carbocycles. The Balaban J connectivity index is 1.94. The van der Waals surface area contributed by atoms with Crippen molar-refractivity contribution in [3.8, 4) is 0 Å². The highest BCUT2D eigenvalue weighted by Crippen LogP contribution is 2.23. The van der Waals surface area contributed by atoms with Crippen LogP contribution in [0.5, 0.6) is 0 Å². The zero-order valence-electron chi connectivity index (χ0n) is 10.6. The highest BCUT2D eigenvalue weighted by molar-refractivity contribution is 9.10. The fourth-order valence-corrected chi connectivity index (χ4v) is 2.98. The molecule has 0 saturated carbocycles. The molecule has 0 radical (unpaired) electrons. The van der Waals surface area contributed by atoms with E-state index in [9.17, 15) is 4.79 Å². The highest BCUT2D eigenvalue weighted by atomic mass is 79.9. The van der Waals surface area contributed by atoms with E-state index in [1.165, 1.54) is 0 Å².